The molecule has 0 spiro atoms. The van der Waals surface area contributed by atoms with Crippen molar-refractivity contribution in [2.24, 2.45) is 5.73 Å². The van der Waals surface area contributed by atoms with Gasteiger partial charge in [-0.3, -0.25) is 4.79 Å². The van der Waals surface area contributed by atoms with Gasteiger partial charge in [-0.2, -0.15) is 0 Å². The molecular formula is C14H24N4O. The Kier molecular flexibility index (Phi) is 4.93. The molecule has 1 aromatic heterocycles. The normalized spacial score (nSPS) is 16.1. The molecule has 1 fully saturated rings. The lowest BCUT2D eigenvalue weighted by Gasteiger charge is -2.13. The van der Waals surface area contributed by atoms with E-state index in [1.54, 1.807) is 0 Å². The maximum absolute atomic E-state index is 11.2. The highest BCUT2D eigenvalue weighted by Crippen LogP contribution is 2.35. The number of nitrogens with two attached hydrogens (primary N) is 1. The molecule has 19 heavy (non-hydrogen) atoms. The fraction of sp³-hybridized carbons (Fsp3) is 0.786. The third-order valence-corrected chi connectivity index (χ3v) is 3.90. The molecule has 5 heteroatoms. The number of aryl methyl sites for hydroxylation is 1. The monoisotopic (exact) mass is 264 g/mol. The topological polar surface area (TPSA) is 73.8 Å². The van der Waals surface area contributed by atoms with E-state index in [1.165, 1.54) is 44.2 Å². The number of rotatable bonds is 7. The fourth-order valence-corrected chi connectivity index (χ4v) is 2.97. The summed E-state index contributed by atoms with van der Waals surface area (Å²) in [6, 6.07) is 0. The van der Waals surface area contributed by atoms with Gasteiger partial charge in [-0.25, -0.2) is 4.68 Å². The number of hydrogen-bond acceptors (Lipinski definition) is 3. The van der Waals surface area contributed by atoms with Gasteiger partial charge in [0.2, 0.25) is 5.91 Å². The van der Waals surface area contributed by atoms with Gasteiger partial charge in [0, 0.05) is 12.5 Å². The maximum atomic E-state index is 11.2. The van der Waals surface area contributed by atoms with Gasteiger partial charge in [0.25, 0.3) is 0 Å². The summed E-state index contributed by atoms with van der Waals surface area (Å²) in [4.78, 5) is 11.2. The Morgan fingerprint density at radius 2 is 2.11 bits per heavy atom. The minimum absolute atomic E-state index is 0.222. The van der Waals surface area contributed by atoms with Crippen molar-refractivity contribution >= 4 is 5.91 Å². The molecule has 0 aliphatic heterocycles. The average Bonchev–Trinajstić information content (AvgIpc) is 2.98. The van der Waals surface area contributed by atoms with Crippen LogP contribution in [-0.4, -0.2) is 20.9 Å². The predicted molar refractivity (Wildman–Crippen MR) is 73.7 cm³/mol. The van der Waals surface area contributed by atoms with Gasteiger partial charge in [0.1, 0.15) is 0 Å². The zero-order valence-corrected chi connectivity index (χ0v) is 11.8. The third kappa shape index (κ3) is 3.55. The van der Waals surface area contributed by atoms with Crippen molar-refractivity contribution in [2.45, 2.75) is 70.8 Å². The smallest absolute Gasteiger partial charge is 0.223 e. The Balaban J connectivity index is 2.16. The SMILES string of the molecule is CCCCCn1nnc(CC(N)=O)c1C1CCCC1. The summed E-state index contributed by atoms with van der Waals surface area (Å²) in [5.74, 6) is 0.200. The number of primary amides is 1. The van der Waals surface area contributed by atoms with Crippen LogP contribution in [0.3, 0.4) is 0 Å². The van der Waals surface area contributed by atoms with E-state index in [9.17, 15) is 4.79 Å². The zero-order chi connectivity index (χ0) is 13.7. The second-order valence-corrected chi connectivity index (χ2v) is 5.48. The van der Waals surface area contributed by atoms with E-state index in [0.29, 0.717) is 5.92 Å². The Morgan fingerprint density at radius 1 is 1.37 bits per heavy atom. The number of nitrogens with zero attached hydrogens (tertiary/aromatic N) is 3. The molecule has 5 nitrogen and oxygen atoms in total. The summed E-state index contributed by atoms with van der Waals surface area (Å²) in [7, 11) is 0. The van der Waals surface area contributed by atoms with E-state index in [4.69, 9.17) is 5.73 Å². The number of hydrogen-bond donors (Lipinski definition) is 1. The predicted octanol–water partition coefficient (Wildman–Crippen LogP) is 2.15. The van der Waals surface area contributed by atoms with Crippen LogP contribution in [0.1, 0.15) is 69.2 Å². The lowest BCUT2D eigenvalue weighted by atomic mass is 10.00. The Labute approximate surface area is 114 Å². The third-order valence-electron chi connectivity index (χ3n) is 3.90. The van der Waals surface area contributed by atoms with E-state index in [1.807, 2.05) is 4.68 Å². The van der Waals surface area contributed by atoms with Crippen molar-refractivity contribution < 1.29 is 4.79 Å². The van der Waals surface area contributed by atoms with Crippen molar-refractivity contribution in [1.82, 2.24) is 15.0 Å². The van der Waals surface area contributed by atoms with Crippen molar-refractivity contribution in [1.29, 1.82) is 0 Å². The van der Waals surface area contributed by atoms with Crippen molar-refractivity contribution in [3.8, 4) is 0 Å². The van der Waals surface area contributed by atoms with Crippen LogP contribution in [0.5, 0.6) is 0 Å². The summed E-state index contributed by atoms with van der Waals surface area (Å²) >= 11 is 0. The zero-order valence-electron chi connectivity index (χ0n) is 11.8. The van der Waals surface area contributed by atoms with Crippen LogP contribution in [0.4, 0.5) is 0 Å². The average molecular weight is 264 g/mol. The molecule has 1 aromatic rings. The van der Waals surface area contributed by atoms with Gasteiger partial charge in [-0.1, -0.05) is 37.8 Å². The number of amides is 1. The first-order valence-electron chi connectivity index (χ1n) is 7.43. The highest BCUT2D eigenvalue weighted by Gasteiger charge is 2.26. The highest BCUT2D eigenvalue weighted by molar-refractivity contribution is 5.76. The van der Waals surface area contributed by atoms with Crippen LogP contribution >= 0.6 is 0 Å². The van der Waals surface area contributed by atoms with E-state index in [2.05, 4.69) is 17.2 Å². The van der Waals surface area contributed by atoms with E-state index in [-0.39, 0.29) is 12.3 Å². The molecule has 2 rings (SSSR count). The molecule has 0 atom stereocenters. The Morgan fingerprint density at radius 3 is 2.74 bits per heavy atom. The first-order chi connectivity index (χ1) is 9.22. The summed E-state index contributed by atoms with van der Waals surface area (Å²) in [6.45, 7) is 3.10. The van der Waals surface area contributed by atoms with Crippen LogP contribution in [0.15, 0.2) is 0 Å². The molecule has 1 heterocycles. The first-order valence-corrected chi connectivity index (χ1v) is 7.43. The van der Waals surface area contributed by atoms with Crippen molar-refractivity contribution in [2.75, 3.05) is 0 Å². The number of carbonyl (C=O) groups excluding carboxylic acids is 1. The first kappa shape index (κ1) is 14.0. The number of unbranched alkanes of at least 4 members (excludes halogenated alkanes) is 2. The van der Waals surface area contributed by atoms with Crippen LogP contribution in [-0.2, 0) is 17.8 Å². The standard InChI is InChI=1S/C14H24N4O/c1-2-3-6-9-18-14(11-7-4-5-8-11)12(16-17-18)10-13(15)19/h11H,2-10H2,1H3,(H2,15,19). The lowest BCUT2D eigenvalue weighted by molar-refractivity contribution is -0.117. The fourth-order valence-electron chi connectivity index (χ4n) is 2.97. The molecule has 1 saturated carbocycles. The molecule has 0 bridgehead atoms. The maximum Gasteiger partial charge on any atom is 0.223 e. The van der Waals surface area contributed by atoms with Gasteiger partial charge in [0.15, 0.2) is 0 Å². The summed E-state index contributed by atoms with van der Waals surface area (Å²) in [5, 5.41) is 8.44. The van der Waals surface area contributed by atoms with Crippen LogP contribution in [0.2, 0.25) is 0 Å². The highest BCUT2D eigenvalue weighted by atomic mass is 16.1. The molecule has 1 amide bonds. The van der Waals surface area contributed by atoms with Crippen molar-refractivity contribution in [3.05, 3.63) is 11.4 Å². The van der Waals surface area contributed by atoms with Gasteiger partial charge >= 0.3 is 0 Å². The second-order valence-electron chi connectivity index (χ2n) is 5.48. The van der Waals surface area contributed by atoms with Crippen LogP contribution in [0, 0.1) is 0 Å². The molecular weight excluding hydrogens is 240 g/mol. The molecule has 1 aliphatic rings. The molecule has 0 aromatic carbocycles. The lowest BCUT2D eigenvalue weighted by Crippen LogP contribution is -2.16. The minimum Gasteiger partial charge on any atom is -0.369 e. The second kappa shape index (κ2) is 6.68. The molecule has 1 aliphatic carbocycles. The Bertz CT molecular complexity index is 421. The molecule has 0 saturated heterocycles. The van der Waals surface area contributed by atoms with Gasteiger partial charge in [-0.05, 0) is 19.3 Å². The largest absolute Gasteiger partial charge is 0.369 e. The van der Waals surface area contributed by atoms with E-state index >= 15 is 0 Å². The van der Waals surface area contributed by atoms with Crippen LogP contribution in [0.25, 0.3) is 0 Å². The van der Waals surface area contributed by atoms with Gasteiger partial charge in [0.05, 0.1) is 17.8 Å². The van der Waals surface area contributed by atoms with Gasteiger partial charge in [-0.15, -0.1) is 5.10 Å². The Hall–Kier alpha value is -1.39. The van der Waals surface area contributed by atoms with Crippen LogP contribution < -0.4 is 5.73 Å². The molecule has 0 unspecified atom stereocenters. The van der Waals surface area contributed by atoms with E-state index in [0.717, 1.165) is 18.7 Å². The quantitative estimate of drug-likeness (QED) is 0.767. The number of carbonyl (C=O) groups is 1. The molecule has 106 valence electrons. The molecule has 0 radical (unpaired) electrons. The van der Waals surface area contributed by atoms with E-state index < -0.39 is 0 Å². The summed E-state index contributed by atoms with van der Waals surface area (Å²) in [6.07, 6.45) is 8.65. The summed E-state index contributed by atoms with van der Waals surface area (Å²) < 4.78 is 2.02. The molecule has 2 N–H and O–H groups in total. The van der Waals surface area contributed by atoms with Gasteiger partial charge < -0.3 is 5.73 Å². The minimum atomic E-state index is -0.320. The van der Waals surface area contributed by atoms with Crippen molar-refractivity contribution in [3.63, 3.8) is 0 Å². The number of aromatic nitrogens is 3. The summed E-state index contributed by atoms with van der Waals surface area (Å²) in [5.41, 5.74) is 7.28.